The fourth-order valence-corrected chi connectivity index (χ4v) is 2.55. The van der Waals surface area contributed by atoms with Crippen LogP contribution in [0, 0.1) is 20.2 Å². The molecule has 30 heavy (non-hydrogen) atoms. The van der Waals surface area contributed by atoms with Gasteiger partial charge in [-0.2, -0.15) is 5.10 Å². The number of ether oxygens (including phenoxy) is 2. The lowest BCUT2D eigenvalue weighted by Crippen LogP contribution is -2.24. The second kappa shape index (κ2) is 10.2. The summed E-state index contributed by atoms with van der Waals surface area (Å²) in [5.41, 5.74) is 1.41. The third-order valence-corrected chi connectivity index (χ3v) is 3.95. The van der Waals surface area contributed by atoms with Crippen LogP contribution in [-0.2, 0) is 4.79 Å². The maximum atomic E-state index is 11.9. The Morgan fingerprint density at radius 1 is 1.17 bits per heavy atom. The van der Waals surface area contributed by atoms with Crippen LogP contribution in [0.25, 0.3) is 0 Å². The third-order valence-electron chi connectivity index (χ3n) is 3.45. The van der Waals surface area contributed by atoms with Crippen molar-refractivity contribution in [2.24, 2.45) is 5.10 Å². The van der Waals surface area contributed by atoms with Crippen LogP contribution >= 0.6 is 15.9 Å². The molecule has 1 amide bonds. The maximum absolute atomic E-state index is 11.9. The molecule has 0 aliphatic carbocycles. The number of amides is 1. The van der Waals surface area contributed by atoms with Crippen LogP contribution in [0.3, 0.4) is 0 Å². The summed E-state index contributed by atoms with van der Waals surface area (Å²) < 4.78 is 10.8. The highest BCUT2D eigenvalue weighted by molar-refractivity contribution is 9.10. The molecule has 0 atom stereocenters. The van der Waals surface area contributed by atoms with Crippen LogP contribution in [0.15, 0.2) is 39.9 Å². The van der Waals surface area contributed by atoms with Crippen molar-refractivity contribution in [2.45, 2.75) is 6.92 Å². The zero-order valence-electron chi connectivity index (χ0n) is 15.4. The van der Waals surface area contributed by atoms with Crippen molar-refractivity contribution in [3.05, 3.63) is 60.6 Å². The van der Waals surface area contributed by atoms with E-state index in [9.17, 15) is 30.1 Å². The van der Waals surface area contributed by atoms with Crippen molar-refractivity contribution in [1.29, 1.82) is 0 Å². The summed E-state index contributed by atoms with van der Waals surface area (Å²) in [6.07, 6.45) is 1.11. The topological polar surface area (TPSA) is 166 Å². The summed E-state index contributed by atoms with van der Waals surface area (Å²) in [5.74, 6) is -1.54. The van der Waals surface area contributed by atoms with Gasteiger partial charge in [0, 0.05) is 22.2 Å². The Labute approximate surface area is 177 Å². The first-order chi connectivity index (χ1) is 14.2. The number of hydrogen-bond donors (Lipinski definition) is 2. The Bertz CT molecular complexity index is 1010. The first-order valence-corrected chi connectivity index (χ1v) is 9.05. The van der Waals surface area contributed by atoms with Gasteiger partial charge in [-0.05, 0) is 25.1 Å². The third kappa shape index (κ3) is 5.88. The number of benzene rings is 2. The van der Waals surface area contributed by atoms with Gasteiger partial charge in [-0.1, -0.05) is 15.9 Å². The first kappa shape index (κ1) is 22.5. The Morgan fingerprint density at radius 2 is 1.87 bits per heavy atom. The SMILES string of the molecule is CCOc1cc(/C=N\NC(=O)COc2ccc(Br)cc2[N+](=O)[O-])cc([N+](=O)[O-])c1O. The van der Waals surface area contributed by atoms with Crippen LogP contribution < -0.4 is 14.9 Å². The molecule has 13 heteroatoms. The number of halogens is 1. The molecule has 0 heterocycles. The molecule has 0 fully saturated rings. The quantitative estimate of drug-likeness (QED) is 0.312. The number of carbonyl (C=O) groups is 1. The van der Waals surface area contributed by atoms with E-state index in [1.54, 1.807) is 6.92 Å². The molecule has 2 rings (SSSR count). The Balaban J connectivity index is 2.05. The number of nitro groups is 2. The van der Waals surface area contributed by atoms with E-state index in [2.05, 4.69) is 26.5 Å². The summed E-state index contributed by atoms with van der Waals surface area (Å²) in [4.78, 5) is 32.5. The molecule has 0 spiro atoms. The van der Waals surface area contributed by atoms with Crippen molar-refractivity contribution in [2.75, 3.05) is 13.2 Å². The highest BCUT2D eigenvalue weighted by Gasteiger charge is 2.20. The van der Waals surface area contributed by atoms with Gasteiger partial charge >= 0.3 is 11.4 Å². The number of hydrazone groups is 1. The van der Waals surface area contributed by atoms with E-state index < -0.39 is 33.8 Å². The molecule has 0 saturated carbocycles. The lowest BCUT2D eigenvalue weighted by Gasteiger charge is -2.07. The van der Waals surface area contributed by atoms with Gasteiger partial charge in [0.15, 0.2) is 18.1 Å². The molecule has 12 nitrogen and oxygen atoms in total. The number of nitro benzene ring substituents is 2. The van der Waals surface area contributed by atoms with Gasteiger partial charge in [0.1, 0.15) is 0 Å². The van der Waals surface area contributed by atoms with Gasteiger partial charge < -0.3 is 14.6 Å². The van der Waals surface area contributed by atoms with Crippen molar-refractivity contribution >= 4 is 39.4 Å². The van der Waals surface area contributed by atoms with Crippen molar-refractivity contribution in [3.8, 4) is 17.2 Å². The van der Waals surface area contributed by atoms with Crippen LogP contribution in [-0.4, -0.2) is 40.3 Å². The lowest BCUT2D eigenvalue weighted by atomic mass is 10.2. The van der Waals surface area contributed by atoms with E-state index in [0.29, 0.717) is 4.47 Å². The predicted octanol–water partition coefficient (Wildman–Crippen LogP) is 2.90. The minimum absolute atomic E-state index is 0.0992. The molecule has 0 aromatic heterocycles. The summed E-state index contributed by atoms with van der Waals surface area (Å²) in [7, 11) is 0. The zero-order chi connectivity index (χ0) is 22.3. The number of nitrogens with one attached hydrogen (secondary N) is 1. The van der Waals surface area contributed by atoms with Crippen molar-refractivity contribution in [3.63, 3.8) is 0 Å². The molecule has 2 aromatic carbocycles. The van der Waals surface area contributed by atoms with Gasteiger partial charge in [-0.3, -0.25) is 25.0 Å². The van der Waals surface area contributed by atoms with Crippen LogP contribution in [0.2, 0.25) is 0 Å². The van der Waals surface area contributed by atoms with Crippen molar-refractivity contribution in [1.82, 2.24) is 5.43 Å². The Hall–Kier alpha value is -3.74. The highest BCUT2D eigenvalue weighted by Crippen LogP contribution is 2.36. The van der Waals surface area contributed by atoms with Gasteiger partial charge in [-0.15, -0.1) is 0 Å². The van der Waals surface area contributed by atoms with Gasteiger partial charge in [0.05, 0.1) is 22.7 Å². The number of carbonyl (C=O) groups excluding carboxylic acids is 1. The molecule has 0 unspecified atom stereocenters. The number of phenols is 1. The molecule has 0 aliphatic heterocycles. The molecular weight excluding hydrogens is 468 g/mol. The smallest absolute Gasteiger partial charge is 0.315 e. The van der Waals surface area contributed by atoms with Crippen molar-refractivity contribution < 1.29 is 29.2 Å². The number of aromatic hydroxyl groups is 1. The number of hydrogen-bond acceptors (Lipinski definition) is 9. The van der Waals surface area contributed by atoms with Gasteiger partial charge in [0.2, 0.25) is 5.75 Å². The lowest BCUT2D eigenvalue weighted by molar-refractivity contribution is -0.386. The molecule has 0 aliphatic rings. The standard InChI is InChI=1S/C17H15BrN4O8/c1-2-29-15-6-10(5-13(17(15)24)22(27)28)8-19-20-16(23)9-30-14-4-3-11(18)7-12(14)21(25)26/h3-8,24H,2,9H2,1H3,(H,20,23)/b19-8-. The largest absolute Gasteiger partial charge is 0.500 e. The second-order valence-corrected chi connectivity index (χ2v) is 6.44. The minimum Gasteiger partial charge on any atom is -0.500 e. The minimum atomic E-state index is -0.785. The summed E-state index contributed by atoms with van der Waals surface area (Å²) in [5, 5.41) is 35.6. The summed E-state index contributed by atoms with van der Waals surface area (Å²) in [6.45, 7) is 1.25. The molecular formula is C17H15BrN4O8. The maximum Gasteiger partial charge on any atom is 0.315 e. The monoisotopic (exact) mass is 482 g/mol. The van der Waals surface area contributed by atoms with E-state index in [1.165, 1.54) is 24.3 Å². The normalized spacial score (nSPS) is 10.6. The number of nitrogens with zero attached hydrogens (tertiary/aromatic N) is 3. The fourth-order valence-electron chi connectivity index (χ4n) is 2.20. The predicted molar refractivity (Wildman–Crippen MR) is 108 cm³/mol. The van der Waals surface area contributed by atoms with E-state index in [0.717, 1.165) is 12.3 Å². The summed E-state index contributed by atoms with van der Waals surface area (Å²) >= 11 is 3.11. The van der Waals surface area contributed by atoms with E-state index in [4.69, 9.17) is 9.47 Å². The molecule has 0 radical (unpaired) electrons. The number of rotatable bonds is 9. The number of phenolic OH excluding ortho intramolecular Hbond substituents is 1. The van der Waals surface area contributed by atoms with E-state index in [1.807, 2.05) is 0 Å². The van der Waals surface area contributed by atoms with Gasteiger partial charge in [-0.25, -0.2) is 5.43 Å². The molecule has 2 aromatic rings. The Morgan fingerprint density at radius 3 is 2.50 bits per heavy atom. The fraction of sp³-hybridized carbons (Fsp3) is 0.176. The summed E-state index contributed by atoms with van der Waals surface area (Å²) in [6, 6.07) is 6.45. The van der Waals surface area contributed by atoms with Gasteiger partial charge in [0.25, 0.3) is 5.91 Å². The molecule has 2 N–H and O–H groups in total. The average molecular weight is 483 g/mol. The highest BCUT2D eigenvalue weighted by atomic mass is 79.9. The first-order valence-electron chi connectivity index (χ1n) is 8.25. The molecule has 158 valence electrons. The zero-order valence-corrected chi connectivity index (χ0v) is 17.0. The van der Waals surface area contributed by atoms with E-state index >= 15 is 0 Å². The molecule has 0 bridgehead atoms. The van der Waals surface area contributed by atoms with Crippen LogP contribution in [0.4, 0.5) is 11.4 Å². The average Bonchev–Trinajstić information content (AvgIpc) is 2.69. The van der Waals surface area contributed by atoms with Crippen LogP contribution in [0.5, 0.6) is 17.2 Å². The van der Waals surface area contributed by atoms with E-state index in [-0.39, 0.29) is 29.4 Å². The Kier molecular flexibility index (Phi) is 7.63. The van der Waals surface area contributed by atoms with Crippen LogP contribution in [0.1, 0.15) is 12.5 Å². The molecule has 0 saturated heterocycles. The second-order valence-electron chi connectivity index (χ2n) is 5.53.